The fourth-order valence-corrected chi connectivity index (χ4v) is 5.43. The molecule has 2 aromatic heterocycles. The zero-order valence-electron chi connectivity index (χ0n) is 10.6. The molecule has 0 atom stereocenters. The first kappa shape index (κ1) is 18.3. The van der Waals surface area contributed by atoms with E-state index in [0.717, 1.165) is 0 Å². The first-order valence-corrected chi connectivity index (χ1v) is 8.52. The summed E-state index contributed by atoms with van der Waals surface area (Å²) in [4.78, 5) is 39.5. The third-order valence-corrected chi connectivity index (χ3v) is 6.37. The zero-order chi connectivity index (χ0) is 18.3. The number of thiophene rings is 2. The molecule has 126 valence electrons. The molecule has 0 saturated heterocycles. The van der Waals surface area contributed by atoms with Crippen LogP contribution >= 0.6 is 54.5 Å². The highest BCUT2D eigenvalue weighted by Crippen LogP contribution is 2.57. The number of nitrogens with zero attached hydrogens (tertiary/aromatic N) is 4. The summed E-state index contributed by atoms with van der Waals surface area (Å²) in [6.45, 7) is 0. The molecular weight excluding hydrogens is 504 g/mol. The van der Waals surface area contributed by atoms with Gasteiger partial charge < -0.3 is 0 Å². The lowest BCUT2D eigenvalue weighted by atomic mass is 10.2. The monoisotopic (exact) mass is 502 g/mol. The number of hydrogen-bond acceptors (Lipinski definition) is 10. The molecule has 0 N–H and O–H groups in total. The van der Waals surface area contributed by atoms with Gasteiger partial charge in [0.25, 0.3) is 0 Å². The Labute approximate surface area is 154 Å². The molecule has 24 heavy (non-hydrogen) atoms. The van der Waals surface area contributed by atoms with E-state index in [1.54, 1.807) is 0 Å². The normalized spacial score (nSPS) is 10.6. The third-order valence-electron chi connectivity index (χ3n) is 2.57. The minimum atomic E-state index is -1.06. The molecule has 0 amide bonds. The predicted molar refractivity (Wildman–Crippen MR) is 89.6 cm³/mol. The first-order chi connectivity index (χ1) is 11.1. The first-order valence-electron chi connectivity index (χ1n) is 5.30. The Bertz CT molecular complexity index is 848. The Kier molecular flexibility index (Phi) is 4.92. The molecule has 16 heteroatoms. The minimum absolute atomic E-state index is 0.226. The van der Waals surface area contributed by atoms with E-state index in [0.29, 0.717) is 22.7 Å². The lowest BCUT2D eigenvalue weighted by Crippen LogP contribution is -1.97. The van der Waals surface area contributed by atoms with E-state index in [4.69, 9.17) is 0 Å². The van der Waals surface area contributed by atoms with Crippen molar-refractivity contribution in [2.75, 3.05) is 0 Å². The van der Waals surface area contributed by atoms with E-state index in [1.807, 2.05) is 0 Å². The highest BCUT2D eigenvalue weighted by Gasteiger charge is 2.44. The molecule has 0 bridgehead atoms. The molecule has 0 aromatic carbocycles. The highest BCUT2D eigenvalue weighted by atomic mass is 79.9. The summed E-state index contributed by atoms with van der Waals surface area (Å²) in [6.07, 6.45) is 0. The average molecular weight is 504 g/mol. The van der Waals surface area contributed by atoms with E-state index in [9.17, 15) is 40.5 Å². The van der Waals surface area contributed by atoms with Crippen molar-refractivity contribution in [1.82, 2.24) is 0 Å². The summed E-state index contributed by atoms with van der Waals surface area (Å²) in [5, 5.41) is 44.5. The molecular formula is C8Br2N4O8S2. The van der Waals surface area contributed by atoms with Gasteiger partial charge in [-0.15, -0.1) is 22.7 Å². The average Bonchev–Trinajstić information content (AvgIpc) is 2.95. The number of halogens is 2. The van der Waals surface area contributed by atoms with Gasteiger partial charge in [-0.2, -0.15) is 0 Å². The molecule has 0 spiro atoms. The van der Waals surface area contributed by atoms with Gasteiger partial charge in [0, 0.05) is 0 Å². The Morgan fingerprint density at radius 2 is 0.833 bits per heavy atom. The maximum atomic E-state index is 11.2. The summed E-state index contributed by atoms with van der Waals surface area (Å²) in [6, 6.07) is 0. The fraction of sp³-hybridized carbons (Fsp3) is 0. The summed E-state index contributed by atoms with van der Waals surface area (Å²) in [5.41, 5.74) is -3.69. The topological polar surface area (TPSA) is 173 Å². The lowest BCUT2D eigenvalue weighted by molar-refractivity contribution is -0.423. The van der Waals surface area contributed by atoms with Crippen LogP contribution in [-0.4, -0.2) is 19.7 Å². The van der Waals surface area contributed by atoms with Crippen LogP contribution in [0.15, 0.2) is 7.57 Å². The van der Waals surface area contributed by atoms with E-state index >= 15 is 0 Å². The maximum absolute atomic E-state index is 11.2. The van der Waals surface area contributed by atoms with E-state index in [-0.39, 0.29) is 7.57 Å². The van der Waals surface area contributed by atoms with Crippen molar-refractivity contribution >= 4 is 77.3 Å². The van der Waals surface area contributed by atoms with Crippen molar-refractivity contribution < 1.29 is 19.7 Å². The van der Waals surface area contributed by atoms with Crippen molar-refractivity contribution in [2.45, 2.75) is 0 Å². The zero-order valence-corrected chi connectivity index (χ0v) is 15.4. The van der Waals surface area contributed by atoms with Gasteiger partial charge in [-0.25, -0.2) is 0 Å². The Balaban J connectivity index is 2.93. The van der Waals surface area contributed by atoms with Crippen molar-refractivity contribution in [3.05, 3.63) is 48.0 Å². The fourth-order valence-electron chi connectivity index (χ4n) is 1.74. The summed E-state index contributed by atoms with van der Waals surface area (Å²) < 4.78 is -0.452. The second-order valence-corrected chi connectivity index (χ2v) is 8.51. The molecule has 0 fully saturated rings. The quantitative estimate of drug-likeness (QED) is 0.419. The standard InChI is InChI=1S/C8Br2N4O8S2/c9-7-3(13(19)20)1(11(15)16)5(23-7)6-2(12(17)18)4(14(21)22)8(10)24-6. The summed E-state index contributed by atoms with van der Waals surface area (Å²) >= 11 is 6.65. The van der Waals surface area contributed by atoms with Crippen LogP contribution in [0.3, 0.4) is 0 Å². The number of hydrogen-bond donors (Lipinski definition) is 0. The SMILES string of the molecule is O=[N+]([O-])c1c(Br)sc(-c2sc(Br)c([N+](=O)[O-])c2[N+](=O)[O-])c1[N+](=O)[O-]. The van der Waals surface area contributed by atoms with Gasteiger partial charge in [0.05, 0.1) is 19.7 Å². The molecule has 0 aliphatic rings. The molecule has 0 radical (unpaired) electrons. The second-order valence-electron chi connectivity index (χ2n) is 3.83. The number of rotatable bonds is 5. The van der Waals surface area contributed by atoms with Crippen molar-refractivity contribution in [1.29, 1.82) is 0 Å². The lowest BCUT2D eigenvalue weighted by Gasteiger charge is -1.94. The molecule has 2 aromatic rings. The van der Waals surface area contributed by atoms with E-state index in [1.165, 1.54) is 0 Å². The predicted octanol–water partition coefficient (Wildman–Crippen LogP) is 4.63. The van der Waals surface area contributed by atoms with Crippen molar-refractivity contribution in [2.24, 2.45) is 0 Å². The van der Waals surface area contributed by atoms with Gasteiger partial charge >= 0.3 is 22.7 Å². The molecule has 0 aliphatic heterocycles. The Hall–Kier alpha value is -2.04. The van der Waals surface area contributed by atoms with Gasteiger partial charge in [-0.1, -0.05) is 0 Å². The Morgan fingerprint density at radius 1 is 0.583 bits per heavy atom. The Morgan fingerprint density at radius 3 is 1.04 bits per heavy atom. The molecule has 12 nitrogen and oxygen atoms in total. The summed E-state index contributed by atoms with van der Waals surface area (Å²) in [5.74, 6) is 0. The molecule has 0 saturated carbocycles. The van der Waals surface area contributed by atoms with Crippen LogP contribution in [0.2, 0.25) is 0 Å². The van der Waals surface area contributed by atoms with Crippen LogP contribution in [0.1, 0.15) is 0 Å². The van der Waals surface area contributed by atoms with Crippen LogP contribution in [0.25, 0.3) is 9.75 Å². The van der Waals surface area contributed by atoms with Crippen molar-refractivity contribution in [3.8, 4) is 9.75 Å². The minimum Gasteiger partial charge on any atom is -0.258 e. The highest BCUT2D eigenvalue weighted by molar-refractivity contribution is 9.11. The molecule has 2 rings (SSSR count). The van der Waals surface area contributed by atoms with E-state index in [2.05, 4.69) is 31.9 Å². The largest absolute Gasteiger partial charge is 0.371 e. The van der Waals surface area contributed by atoms with Crippen LogP contribution in [-0.2, 0) is 0 Å². The van der Waals surface area contributed by atoms with Crippen molar-refractivity contribution in [3.63, 3.8) is 0 Å². The van der Waals surface area contributed by atoms with Crippen LogP contribution in [0.5, 0.6) is 0 Å². The third kappa shape index (κ3) is 2.87. The van der Waals surface area contributed by atoms with Gasteiger partial charge in [-0.3, -0.25) is 40.5 Å². The molecule has 0 unspecified atom stereocenters. The second kappa shape index (κ2) is 6.46. The summed E-state index contributed by atoms with van der Waals surface area (Å²) in [7, 11) is 0. The smallest absolute Gasteiger partial charge is 0.258 e. The van der Waals surface area contributed by atoms with Gasteiger partial charge in [-0.05, 0) is 31.9 Å². The van der Waals surface area contributed by atoms with Gasteiger partial charge in [0.15, 0.2) is 7.57 Å². The van der Waals surface area contributed by atoms with Gasteiger partial charge in [0.2, 0.25) is 0 Å². The van der Waals surface area contributed by atoms with Crippen LogP contribution < -0.4 is 0 Å². The van der Waals surface area contributed by atoms with Gasteiger partial charge in [0.1, 0.15) is 9.75 Å². The number of nitro groups is 4. The van der Waals surface area contributed by atoms with E-state index < -0.39 is 52.2 Å². The molecule has 2 heterocycles. The van der Waals surface area contributed by atoms with Crippen LogP contribution in [0.4, 0.5) is 22.7 Å². The maximum Gasteiger partial charge on any atom is 0.371 e. The molecule has 0 aliphatic carbocycles. The van der Waals surface area contributed by atoms with Crippen LogP contribution in [0, 0.1) is 40.5 Å².